The van der Waals surface area contributed by atoms with Crippen LogP contribution in [-0.4, -0.2) is 36.2 Å². The number of carbonyl (C=O) groups excluding carboxylic acids is 2. The van der Waals surface area contributed by atoms with Crippen molar-refractivity contribution in [3.63, 3.8) is 0 Å². The summed E-state index contributed by atoms with van der Waals surface area (Å²) in [5.74, 6) is -2.04. The molecule has 0 radical (unpaired) electrons. The maximum absolute atomic E-state index is 11.5. The molecule has 0 saturated carbocycles. The number of carbonyl (C=O) groups is 3. The number of nitrogens with one attached hydrogen (secondary N) is 2. The van der Waals surface area contributed by atoms with Crippen molar-refractivity contribution in [3.05, 3.63) is 24.2 Å². The highest BCUT2D eigenvalue weighted by Crippen LogP contribution is 1.99. The summed E-state index contributed by atoms with van der Waals surface area (Å²) in [6, 6.07) is -0.377. The normalized spacial score (nSPS) is 11.4. The van der Waals surface area contributed by atoms with Crippen molar-refractivity contribution in [2.45, 2.75) is 19.0 Å². The molecule has 0 saturated heterocycles. The predicted octanol–water partition coefficient (Wildman–Crippen LogP) is 0.0951. The Balaban J connectivity index is 2.42. The highest BCUT2D eigenvalue weighted by atomic mass is 16.5. The summed E-state index contributed by atoms with van der Waals surface area (Å²) in [6.07, 6.45) is 2.46. The fourth-order valence-electron chi connectivity index (χ4n) is 1.23. The van der Waals surface area contributed by atoms with E-state index in [2.05, 4.69) is 15.4 Å². The molecule has 1 aromatic rings. The van der Waals surface area contributed by atoms with Gasteiger partial charge in [0.25, 0.3) is 0 Å². The Labute approximate surface area is 108 Å². The van der Waals surface area contributed by atoms with Gasteiger partial charge in [-0.25, -0.2) is 9.59 Å². The first-order valence-corrected chi connectivity index (χ1v) is 5.38. The largest absolute Gasteiger partial charge is 0.480 e. The molecule has 0 aromatic carbocycles. The number of amides is 2. The summed E-state index contributed by atoms with van der Waals surface area (Å²) in [5.41, 5.74) is 0.731. The van der Waals surface area contributed by atoms with Gasteiger partial charge >= 0.3 is 18.0 Å². The molecule has 0 fully saturated rings. The van der Waals surface area contributed by atoms with Crippen LogP contribution in [0.3, 0.4) is 0 Å². The van der Waals surface area contributed by atoms with Crippen molar-refractivity contribution in [1.82, 2.24) is 10.6 Å². The quantitative estimate of drug-likeness (QED) is 0.631. The predicted molar refractivity (Wildman–Crippen MR) is 62.1 cm³/mol. The zero-order valence-corrected chi connectivity index (χ0v) is 10.2. The summed E-state index contributed by atoms with van der Waals surface area (Å²) in [7, 11) is 1.14. The first-order chi connectivity index (χ1) is 9.02. The molecule has 19 heavy (non-hydrogen) atoms. The van der Waals surface area contributed by atoms with Gasteiger partial charge < -0.3 is 24.9 Å². The molecular formula is C11H14N2O6. The van der Waals surface area contributed by atoms with Crippen LogP contribution in [-0.2, 0) is 20.9 Å². The molecule has 104 valence electrons. The van der Waals surface area contributed by atoms with Crippen molar-refractivity contribution >= 4 is 18.0 Å². The number of aliphatic carboxylic acids is 1. The number of methoxy groups -OCH3 is 1. The molecule has 3 N–H and O–H groups in total. The Morgan fingerprint density at radius 3 is 2.74 bits per heavy atom. The second-order valence-corrected chi connectivity index (χ2v) is 3.63. The van der Waals surface area contributed by atoms with E-state index >= 15 is 0 Å². The second-order valence-electron chi connectivity index (χ2n) is 3.63. The molecule has 0 spiro atoms. The second kappa shape index (κ2) is 7.04. The molecular weight excluding hydrogens is 256 g/mol. The van der Waals surface area contributed by atoms with E-state index in [1.807, 2.05) is 0 Å². The van der Waals surface area contributed by atoms with Gasteiger partial charge in [-0.3, -0.25) is 4.79 Å². The van der Waals surface area contributed by atoms with Crippen molar-refractivity contribution in [1.29, 1.82) is 0 Å². The number of hydrogen-bond donors (Lipinski definition) is 3. The van der Waals surface area contributed by atoms with Crippen molar-refractivity contribution < 1.29 is 28.6 Å². The Morgan fingerprint density at radius 1 is 1.47 bits per heavy atom. The van der Waals surface area contributed by atoms with Crippen LogP contribution in [0.2, 0.25) is 0 Å². The van der Waals surface area contributed by atoms with E-state index < -0.39 is 30.4 Å². The van der Waals surface area contributed by atoms with Gasteiger partial charge in [-0.15, -0.1) is 0 Å². The average molecular weight is 270 g/mol. The van der Waals surface area contributed by atoms with E-state index in [1.54, 1.807) is 6.07 Å². The zero-order valence-electron chi connectivity index (χ0n) is 10.2. The number of carboxylic acids is 1. The Morgan fingerprint density at radius 2 is 2.21 bits per heavy atom. The minimum atomic E-state index is -1.34. The Kier molecular flexibility index (Phi) is 5.39. The minimum Gasteiger partial charge on any atom is -0.480 e. The number of furan rings is 1. The number of ether oxygens (including phenoxy) is 1. The van der Waals surface area contributed by atoms with Gasteiger partial charge in [0.15, 0.2) is 0 Å². The van der Waals surface area contributed by atoms with Crippen LogP contribution in [0.4, 0.5) is 4.79 Å². The summed E-state index contributed by atoms with van der Waals surface area (Å²) >= 11 is 0. The van der Waals surface area contributed by atoms with Gasteiger partial charge in [0.05, 0.1) is 26.1 Å². The number of carboxylic acid groups (broad SMARTS) is 1. The standard InChI is InChI=1S/C11H14N2O6/c1-18-9(14)4-8(10(15)16)13-11(17)12-5-7-2-3-19-6-7/h2-3,6,8H,4-5H2,1H3,(H,15,16)(H2,12,13,17)/t8-/m0/s1. The molecule has 0 aliphatic rings. The number of urea groups is 1. The zero-order chi connectivity index (χ0) is 14.3. The Hall–Kier alpha value is -2.51. The Bertz CT molecular complexity index is 442. The molecule has 1 rings (SSSR count). The van der Waals surface area contributed by atoms with E-state index in [1.165, 1.54) is 12.5 Å². The average Bonchev–Trinajstić information content (AvgIpc) is 2.88. The van der Waals surface area contributed by atoms with Gasteiger partial charge in [-0.05, 0) is 6.07 Å². The first-order valence-electron chi connectivity index (χ1n) is 5.38. The van der Waals surface area contributed by atoms with Crippen molar-refractivity contribution in [2.24, 2.45) is 0 Å². The van der Waals surface area contributed by atoms with E-state index in [0.717, 1.165) is 12.7 Å². The lowest BCUT2D eigenvalue weighted by Gasteiger charge is -2.13. The van der Waals surface area contributed by atoms with Gasteiger partial charge in [-0.2, -0.15) is 0 Å². The summed E-state index contributed by atoms with van der Waals surface area (Å²) < 4.78 is 9.15. The molecule has 2 amide bonds. The molecule has 0 unspecified atom stereocenters. The number of rotatable bonds is 6. The molecule has 1 atom stereocenters. The lowest BCUT2D eigenvalue weighted by Crippen LogP contribution is -2.46. The minimum absolute atomic E-state index is 0.187. The lowest BCUT2D eigenvalue weighted by atomic mass is 10.2. The SMILES string of the molecule is COC(=O)C[C@H](NC(=O)NCc1ccoc1)C(=O)O. The van der Waals surface area contributed by atoms with Crippen LogP contribution in [0, 0.1) is 0 Å². The lowest BCUT2D eigenvalue weighted by molar-refractivity contribution is -0.147. The van der Waals surface area contributed by atoms with Crippen LogP contribution in [0.5, 0.6) is 0 Å². The van der Waals surface area contributed by atoms with Gasteiger partial charge in [0.2, 0.25) is 0 Å². The topological polar surface area (TPSA) is 118 Å². The summed E-state index contributed by atoms with van der Waals surface area (Å²) in [4.78, 5) is 33.3. The molecule has 0 aliphatic carbocycles. The van der Waals surface area contributed by atoms with Crippen LogP contribution < -0.4 is 10.6 Å². The van der Waals surface area contributed by atoms with Crippen molar-refractivity contribution in [2.75, 3.05) is 7.11 Å². The maximum Gasteiger partial charge on any atom is 0.326 e. The maximum atomic E-state index is 11.5. The van der Waals surface area contributed by atoms with Crippen LogP contribution >= 0.6 is 0 Å². The molecule has 8 nitrogen and oxygen atoms in total. The number of esters is 1. The summed E-state index contributed by atoms with van der Waals surface area (Å²) in [6.45, 7) is 0.187. The first kappa shape index (κ1) is 14.6. The highest BCUT2D eigenvalue weighted by Gasteiger charge is 2.23. The van der Waals surface area contributed by atoms with E-state index in [9.17, 15) is 14.4 Å². The third-order valence-corrected chi connectivity index (χ3v) is 2.24. The third-order valence-electron chi connectivity index (χ3n) is 2.24. The third kappa shape index (κ3) is 5.11. The monoisotopic (exact) mass is 270 g/mol. The molecule has 1 aromatic heterocycles. The van der Waals surface area contributed by atoms with Gasteiger partial charge in [-0.1, -0.05) is 0 Å². The fraction of sp³-hybridized carbons (Fsp3) is 0.364. The van der Waals surface area contributed by atoms with Gasteiger partial charge in [0.1, 0.15) is 6.04 Å². The van der Waals surface area contributed by atoms with Crippen LogP contribution in [0.1, 0.15) is 12.0 Å². The summed E-state index contributed by atoms with van der Waals surface area (Å²) in [5, 5.41) is 13.5. The fourth-order valence-corrected chi connectivity index (χ4v) is 1.23. The molecule has 0 aliphatic heterocycles. The van der Waals surface area contributed by atoms with Gasteiger partial charge in [0, 0.05) is 12.1 Å². The smallest absolute Gasteiger partial charge is 0.326 e. The van der Waals surface area contributed by atoms with E-state index in [-0.39, 0.29) is 6.54 Å². The van der Waals surface area contributed by atoms with Crippen LogP contribution in [0.15, 0.2) is 23.0 Å². The number of hydrogen-bond acceptors (Lipinski definition) is 5. The van der Waals surface area contributed by atoms with Crippen molar-refractivity contribution in [3.8, 4) is 0 Å². The highest BCUT2D eigenvalue weighted by molar-refractivity contribution is 5.86. The van der Waals surface area contributed by atoms with E-state index in [0.29, 0.717) is 0 Å². The molecule has 8 heteroatoms. The van der Waals surface area contributed by atoms with E-state index in [4.69, 9.17) is 9.52 Å². The molecule has 0 bridgehead atoms. The van der Waals surface area contributed by atoms with Crippen LogP contribution in [0.25, 0.3) is 0 Å². The molecule has 1 heterocycles.